The number of benzene rings is 1. The smallest absolute Gasteiger partial charge is 0.115 e. The van der Waals surface area contributed by atoms with Gasteiger partial charge in [0.1, 0.15) is 6.10 Å². The van der Waals surface area contributed by atoms with Gasteiger partial charge < -0.3 is 5.11 Å². The van der Waals surface area contributed by atoms with Crippen molar-refractivity contribution in [3.8, 4) is 11.8 Å². The molecule has 0 aliphatic rings. The van der Waals surface area contributed by atoms with Gasteiger partial charge in [0.2, 0.25) is 0 Å². The van der Waals surface area contributed by atoms with Crippen LogP contribution in [0.25, 0.3) is 0 Å². The van der Waals surface area contributed by atoms with E-state index in [0.717, 1.165) is 35.4 Å². The molecule has 1 N–H and O–H groups in total. The number of hydrogen-bond donors (Lipinski definition) is 1. The normalized spacial score (nSPS) is 11.8. The van der Waals surface area contributed by atoms with Crippen LogP contribution < -0.4 is 0 Å². The van der Waals surface area contributed by atoms with Gasteiger partial charge in [0.15, 0.2) is 0 Å². The Kier molecular flexibility index (Phi) is 5.38. The Balaban J connectivity index is 2.65. The molecule has 2 heteroatoms. The topological polar surface area (TPSA) is 20.2 Å². The van der Waals surface area contributed by atoms with Gasteiger partial charge in [-0.05, 0) is 37.1 Å². The molecule has 0 radical (unpaired) electrons. The van der Waals surface area contributed by atoms with Crippen molar-refractivity contribution in [1.82, 2.24) is 0 Å². The molecule has 1 atom stereocenters. The molecule has 0 aliphatic heterocycles. The summed E-state index contributed by atoms with van der Waals surface area (Å²) in [7, 11) is 0. The van der Waals surface area contributed by atoms with Crippen LogP contribution in [0, 0.1) is 18.8 Å². The Bertz CT molecular complexity index is 401. The van der Waals surface area contributed by atoms with Gasteiger partial charge in [-0.1, -0.05) is 43.2 Å². The molecule has 0 heterocycles. The first kappa shape index (κ1) is 13.1. The Labute approximate surface area is 102 Å². The summed E-state index contributed by atoms with van der Waals surface area (Å²) < 4.78 is 0. The highest BCUT2D eigenvalue weighted by Gasteiger charge is 1.98. The van der Waals surface area contributed by atoms with E-state index in [1.165, 1.54) is 0 Å². The highest BCUT2D eigenvalue weighted by atomic mass is 35.5. The van der Waals surface area contributed by atoms with Crippen LogP contribution in [-0.4, -0.2) is 11.2 Å². The summed E-state index contributed by atoms with van der Waals surface area (Å²) in [6.45, 7) is 4.05. The summed E-state index contributed by atoms with van der Waals surface area (Å²) in [6, 6.07) is 5.63. The molecule has 1 rings (SSSR count). The van der Waals surface area contributed by atoms with Crippen molar-refractivity contribution < 1.29 is 5.11 Å². The molecule has 16 heavy (non-hydrogen) atoms. The average Bonchev–Trinajstić information content (AvgIpc) is 2.28. The van der Waals surface area contributed by atoms with Crippen LogP contribution >= 0.6 is 11.6 Å². The Morgan fingerprint density at radius 3 is 2.81 bits per heavy atom. The van der Waals surface area contributed by atoms with Crippen molar-refractivity contribution in [1.29, 1.82) is 0 Å². The first-order valence-corrected chi connectivity index (χ1v) is 5.97. The average molecular weight is 237 g/mol. The maximum absolute atomic E-state index is 9.57. The molecule has 0 fully saturated rings. The van der Waals surface area contributed by atoms with Crippen LogP contribution in [0.2, 0.25) is 5.02 Å². The standard InChI is InChI=1S/C14H17ClO/c1-3-4-5-13(16)8-6-12-7-9-14(15)11(2)10-12/h7,9-10,13,16H,3-5H2,1-2H3. The van der Waals surface area contributed by atoms with Gasteiger partial charge >= 0.3 is 0 Å². The fourth-order valence-electron chi connectivity index (χ4n) is 1.36. The van der Waals surface area contributed by atoms with Gasteiger partial charge in [-0.2, -0.15) is 0 Å². The highest BCUT2D eigenvalue weighted by Crippen LogP contribution is 2.15. The summed E-state index contributed by atoms with van der Waals surface area (Å²) in [4.78, 5) is 0. The summed E-state index contributed by atoms with van der Waals surface area (Å²) >= 11 is 5.91. The van der Waals surface area contributed by atoms with E-state index >= 15 is 0 Å². The second kappa shape index (κ2) is 6.58. The number of hydrogen-bond acceptors (Lipinski definition) is 1. The lowest BCUT2D eigenvalue weighted by Crippen LogP contribution is -2.01. The largest absolute Gasteiger partial charge is 0.380 e. The third kappa shape index (κ3) is 4.26. The van der Waals surface area contributed by atoms with Crippen molar-refractivity contribution in [2.75, 3.05) is 0 Å². The summed E-state index contributed by atoms with van der Waals surface area (Å²) in [5.41, 5.74) is 1.91. The van der Waals surface area contributed by atoms with Gasteiger partial charge in [0, 0.05) is 10.6 Å². The molecule has 0 aromatic heterocycles. The molecule has 0 saturated carbocycles. The maximum Gasteiger partial charge on any atom is 0.115 e. The van der Waals surface area contributed by atoms with Crippen LogP contribution in [0.5, 0.6) is 0 Å². The number of rotatable bonds is 3. The summed E-state index contributed by atoms with van der Waals surface area (Å²) in [5.74, 6) is 5.81. The van der Waals surface area contributed by atoms with E-state index < -0.39 is 6.10 Å². The molecule has 1 aromatic carbocycles. The fraction of sp³-hybridized carbons (Fsp3) is 0.429. The van der Waals surface area contributed by atoms with E-state index in [9.17, 15) is 5.11 Å². The second-order valence-electron chi connectivity index (χ2n) is 3.89. The van der Waals surface area contributed by atoms with E-state index in [1.807, 2.05) is 25.1 Å². The number of aliphatic hydroxyl groups is 1. The van der Waals surface area contributed by atoms with Crippen molar-refractivity contribution in [2.45, 2.75) is 39.2 Å². The Morgan fingerprint density at radius 1 is 1.44 bits per heavy atom. The van der Waals surface area contributed by atoms with Gasteiger partial charge in [-0.15, -0.1) is 0 Å². The van der Waals surface area contributed by atoms with Crippen LogP contribution in [0.15, 0.2) is 18.2 Å². The molecule has 1 aromatic rings. The van der Waals surface area contributed by atoms with E-state index in [-0.39, 0.29) is 0 Å². The lowest BCUT2D eigenvalue weighted by molar-refractivity contribution is 0.218. The van der Waals surface area contributed by atoms with Crippen LogP contribution in [0.4, 0.5) is 0 Å². The zero-order valence-electron chi connectivity index (χ0n) is 9.76. The molecular formula is C14H17ClO. The molecule has 0 saturated heterocycles. The molecular weight excluding hydrogens is 220 g/mol. The van der Waals surface area contributed by atoms with Crippen LogP contribution in [0.3, 0.4) is 0 Å². The summed E-state index contributed by atoms with van der Waals surface area (Å²) in [6.07, 6.45) is 2.32. The SMILES string of the molecule is CCCCC(O)C#Cc1ccc(Cl)c(C)c1. The minimum Gasteiger partial charge on any atom is -0.380 e. The monoisotopic (exact) mass is 236 g/mol. The quantitative estimate of drug-likeness (QED) is 0.796. The third-order valence-electron chi connectivity index (χ3n) is 2.37. The minimum atomic E-state index is -0.518. The number of aryl methyl sites for hydroxylation is 1. The van der Waals surface area contributed by atoms with Crippen molar-refractivity contribution in [3.63, 3.8) is 0 Å². The van der Waals surface area contributed by atoms with Gasteiger partial charge in [0.25, 0.3) is 0 Å². The van der Waals surface area contributed by atoms with Gasteiger partial charge in [-0.25, -0.2) is 0 Å². The van der Waals surface area contributed by atoms with E-state index in [2.05, 4.69) is 18.8 Å². The minimum absolute atomic E-state index is 0.518. The highest BCUT2D eigenvalue weighted by molar-refractivity contribution is 6.31. The van der Waals surface area contributed by atoms with E-state index in [1.54, 1.807) is 0 Å². The lowest BCUT2D eigenvalue weighted by Gasteiger charge is -2.00. The molecule has 1 unspecified atom stereocenters. The maximum atomic E-state index is 9.57. The molecule has 0 amide bonds. The van der Waals surface area contributed by atoms with Crippen LogP contribution in [-0.2, 0) is 0 Å². The fourth-order valence-corrected chi connectivity index (χ4v) is 1.48. The van der Waals surface area contributed by atoms with Crippen molar-refractivity contribution >= 4 is 11.6 Å². The second-order valence-corrected chi connectivity index (χ2v) is 4.30. The number of aliphatic hydroxyl groups excluding tert-OH is 1. The number of unbranched alkanes of at least 4 members (excludes halogenated alkanes) is 1. The predicted molar refractivity (Wildman–Crippen MR) is 68.6 cm³/mol. The van der Waals surface area contributed by atoms with Gasteiger partial charge in [0.05, 0.1) is 0 Å². The zero-order chi connectivity index (χ0) is 12.0. The zero-order valence-corrected chi connectivity index (χ0v) is 10.5. The number of halogens is 1. The van der Waals surface area contributed by atoms with Crippen molar-refractivity contribution in [3.05, 3.63) is 34.3 Å². The molecule has 1 nitrogen and oxygen atoms in total. The molecule has 0 spiro atoms. The van der Waals surface area contributed by atoms with Crippen LogP contribution in [0.1, 0.15) is 37.3 Å². The molecule has 0 aliphatic carbocycles. The predicted octanol–water partition coefficient (Wildman–Crippen LogP) is 3.55. The van der Waals surface area contributed by atoms with E-state index in [4.69, 9.17) is 11.6 Å². The Hall–Kier alpha value is -0.970. The Morgan fingerprint density at radius 2 is 2.19 bits per heavy atom. The van der Waals surface area contributed by atoms with Crippen molar-refractivity contribution in [2.24, 2.45) is 0 Å². The summed E-state index contributed by atoms with van der Waals surface area (Å²) in [5, 5.41) is 10.3. The molecule has 0 bridgehead atoms. The third-order valence-corrected chi connectivity index (χ3v) is 2.80. The first-order chi connectivity index (χ1) is 7.63. The molecule has 86 valence electrons. The van der Waals surface area contributed by atoms with E-state index in [0.29, 0.717) is 0 Å². The first-order valence-electron chi connectivity index (χ1n) is 5.59. The van der Waals surface area contributed by atoms with Gasteiger partial charge in [-0.3, -0.25) is 0 Å². The lowest BCUT2D eigenvalue weighted by atomic mass is 10.1.